The van der Waals surface area contributed by atoms with E-state index in [0.29, 0.717) is 0 Å². The van der Waals surface area contributed by atoms with Gasteiger partial charge in [0, 0.05) is 0 Å². The lowest BCUT2D eigenvalue weighted by Gasteiger charge is -2.27. The van der Waals surface area contributed by atoms with E-state index in [2.05, 4.69) is 0 Å². The lowest BCUT2D eigenvalue weighted by Crippen LogP contribution is -2.41. The molecule has 6 heteroatoms. The summed E-state index contributed by atoms with van der Waals surface area (Å²) in [7, 11) is 0. The maximum atomic E-state index is 11.5. The van der Waals surface area contributed by atoms with Crippen LogP contribution in [0.2, 0.25) is 0 Å². The molecule has 2 rings (SSSR count). The molecule has 0 fully saturated rings. The Kier molecular flexibility index (Phi) is 2.18. The summed E-state index contributed by atoms with van der Waals surface area (Å²) in [4.78, 5) is 22.2. The Bertz CT molecular complexity index is 476. The van der Waals surface area contributed by atoms with Gasteiger partial charge in [-0.25, -0.2) is 4.79 Å². The van der Waals surface area contributed by atoms with Gasteiger partial charge in [-0.05, 0) is 18.2 Å². The van der Waals surface area contributed by atoms with Crippen LogP contribution in [-0.4, -0.2) is 33.0 Å². The molecule has 16 heavy (non-hydrogen) atoms. The summed E-state index contributed by atoms with van der Waals surface area (Å²) >= 11 is 0. The molecule has 84 valence electrons. The quantitative estimate of drug-likeness (QED) is 0.579. The number of Topliss-reactive ketones (excluding diaryl/α,β-unsaturated/α-hetero) is 1. The normalized spacial score (nSPS) is 17.5. The van der Waals surface area contributed by atoms with Gasteiger partial charge in [-0.15, -0.1) is 0 Å². The molecule has 0 amide bonds. The predicted octanol–water partition coefficient (Wildman–Crippen LogP) is -0.0116. The standard InChI is InChI=1S/C10H8O6/c11-7-4-10(14,15)16-8-2-1-5(9(12)13)3-6(7)8/h1-3,14-15H,4H2,(H,12,13). The number of hydrogen-bond acceptors (Lipinski definition) is 5. The first-order valence-electron chi connectivity index (χ1n) is 4.43. The fraction of sp³-hybridized carbons (Fsp3) is 0.200. The zero-order valence-electron chi connectivity index (χ0n) is 8.01. The zero-order valence-corrected chi connectivity index (χ0v) is 8.01. The number of ether oxygens (including phenoxy) is 1. The number of fused-ring (bicyclic) bond motifs is 1. The van der Waals surface area contributed by atoms with Crippen LogP contribution < -0.4 is 4.74 Å². The summed E-state index contributed by atoms with van der Waals surface area (Å²) in [6, 6.07) is 3.59. The first-order valence-corrected chi connectivity index (χ1v) is 4.43. The summed E-state index contributed by atoms with van der Waals surface area (Å²) in [5.74, 6) is -4.30. The molecule has 0 bridgehead atoms. The van der Waals surface area contributed by atoms with E-state index in [0.717, 1.165) is 6.07 Å². The molecular weight excluding hydrogens is 216 g/mol. The van der Waals surface area contributed by atoms with Gasteiger partial charge in [-0.1, -0.05) is 0 Å². The molecule has 0 spiro atoms. The van der Waals surface area contributed by atoms with Crippen LogP contribution in [0.4, 0.5) is 0 Å². The molecule has 1 aromatic rings. The largest absolute Gasteiger partial charge is 0.478 e. The van der Waals surface area contributed by atoms with Crippen molar-refractivity contribution in [3.63, 3.8) is 0 Å². The monoisotopic (exact) mass is 224 g/mol. The molecule has 3 N–H and O–H groups in total. The molecule has 6 nitrogen and oxygen atoms in total. The number of benzene rings is 1. The molecular formula is C10H8O6. The van der Waals surface area contributed by atoms with E-state index in [-0.39, 0.29) is 16.9 Å². The smallest absolute Gasteiger partial charge is 0.335 e. The summed E-state index contributed by atoms with van der Waals surface area (Å²) < 4.78 is 4.72. The molecule has 0 saturated carbocycles. The molecule has 0 aliphatic carbocycles. The molecule has 1 aliphatic heterocycles. The minimum atomic E-state index is -2.52. The Hall–Kier alpha value is -1.92. The van der Waals surface area contributed by atoms with Gasteiger partial charge >= 0.3 is 11.9 Å². The first kappa shape index (κ1) is 10.6. The lowest BCUT2D eigenvalue weighted by atomic mass is 10.0. The van der Waals surface area contributed by atoms with Crippen molar-refractivity contribution < 1.29 is 29.6 Å². The average Bonchev–Trinajstić information content (AvgIpc) is 2.15. The highest BCUT2D eigenvalue weighted by atomic mass is 16.8. The third-order valence-electron chi connectivity index (χ3n) is 2.19. The maximum Gasteiger partial charge on any atom is 0.335 e. The molecule has 1 aromatic carbocycles. The van der Waals surface area contributed by atoms with Gasteiger partial charge in [0.1, 0.15) is 12.2 Å². The van der Waals surface area contributed by atoms with Gasteiger partial charge in [0.05, 0.1) is 11.1 Å². The van der Waals surface area contributed by atoms with E-state index in [1.807, 2.05) is 0 Å². The van der Waals surface area contributed by atoms with E-state index in [1.54, 1.807) is 0 Å². The van der Waals surface area contributed by atoms with E-state index >= 15 is 0 Å². The summed E-state index contributed by atoms with van der Waals surface area (Å²) in [5.41, 5.74) is -0.0160. The summed E-state index contributed by atoms with van der Waals surface area (Å²) in [6.45, 7) is 0. The van der Waals surface area contributed by atoms with Crippen LogP contribution in [0.5, 0.6) is 5.75 Å². The number of carbonyl (C=O) groups excluding carboxylic acids is 1. The second kappa shape index (κ2) is 3.29. The predicted molar refractivity (Wildman–Crippen MR) is 50.1 cm³/mol. The fourth-order valence-corrected chi connectivity index (χ4v) is 1.49. The number of carbonyl (C=O) groups is 2. The second-order valence-electron chi connectivity index (χ2n) is 3.46. The maximum absolute atomic E-state index is 11.5. The number of hydrogen-bond donors (Lipinski definition) is 3. The summed E-state index contributed by atoms with van der Waals surface area (Å²) in [6.07, 6.45) is -0.622. The van der Waals surface area contributed by atoms with E-state index < -0.39 is 24.1 Å². The van der Waals surface area contributed by atoms with Crippen LogP contribution in [0, 0.1) is 0 Å². The SMILES string of the molecule is O=C(O)c1ccc2c(c1)C(=O)CC(O)(O)O2. The number of aliphatic hydroxyl groups is 2. The number of carboxylic acid groups (broad SMARTS) is 1. The Balaban J connectivity index is 2.49. The highest BCUT2D eigenvalue weighted by Gasteiger charge is 2.37. The third kappa shape index (κ3) is 1.75. The fourth-order valence-electron chi connectivity index (χ4n) is 1.49. The van der Waals surface area contributed by atoms with Gasteiger partial charge in [-0.3, -0.25) is 4.79 Å². The van der Waals surface area contributed by atoms with Crippen molar-refractivity contribution in [3.8, 4) is 5.75 Å². The van der Waals surface area contributed by atoms with Gasteiger partial charge < -0.3 is 20.1 Å². The van der Waals surface area contributed by atoms with Crippen molar-refractivity contribution >= 4 is 11.8 Å². The lowest BCUT2D eigenvalue weighted by molar-refractivity contribution is -0.290. The Labute approximate surface area is 89.7 Å². The van der Waals surface area contributed by atoms with Crippen LogP contribution in [0.3, 0.4) is 0 Å². The van der Waals surface area contributed by atoms with E-state index in [9.17, 15) is 9.59 Å². The number of aromatic carboxylic acids is 1. The Morgan fingerprint density at radius 1 is 1.38 bits per heavy atom. The van der Waals surface area contributed by atoms with Crippen molar-refractivity contribution in [2.24, 2.45) is 0 Å². The highest BCUT2D eigenvalue weighted by molar-refractivity contribution is 6.02. The van der Waals surface area contributed by atoms with Crippen LogP contribution in [0.1, 0.15) is 27.1 Å². The number of rotatable bonds is 1. The van der Waals surface area contributed by atoms with Crippen molar-refractivity contribution in [1.82, 2.24) is 0 Å². The minimum Gasteiger partial charge on any atom is -0.478 e. The molecule has 0 saturated heterocycles. The molecule has 0 unspecified atom stereocenters. The van der Waals surface area contributed by atoms with Gasteiger partial charge in [-0.2, -0.15) is 0 Å². The minimum absolute atomic E-state index is 0.0359. The Morgan fingerprint density at radius 3 is 2.69 bits per heavy atom. The summed E-state index contributed by atoms with van der Waals surface area (Å²) in [5, 5.41) is 27.1. The van der Waals surface area contributed by atoms with E-state index in [1.165, 1.54) is 12.1 Å². The zero-order chi connectivity index (χ0) is 11.9. The van der Waals surface area contributed by atoms with Crippen molar-refractivity contribution in [1.29, 1.82) is 0 Å². The van der Waals surface area contributed by atoms with Crippen LogP contribution >= 0.6 is 0 Å². The first-order chi connectivity index (χ1) is 7.39. The molecule has 0 atom stereocenters. The van der Waals surface area contributed by atoms with Gasteiger partial charge in [0.25, 0.3) is 0 Å². The molecule has 1 heterocycles. The third-order valence-corrected chi connectivity index (χ3v) is 2.19. The van der Waals surface area contributed by atoms with Gasteiger partial charge in [0.15, 0.2) is 5.78 Å². The van der Waals surface area contributed by atoms with Crippen molar-refractivity contribution in [3.05, 3.63) is 29.3 Å². The number of ketones is 1. The second-order valence-corrected chi connectivity index (χ2v) is 3.46. The van der Waals surface area contributed by atoms with Crippen LogP contribution in [-0.2, 0) is 0 Å². The highest BCUT2D eigenvalue weighted by Crippen LogP contribution is 2.31. The average molecular weight is 224 g/mol. The van der Waals surface area contributed by atoms with Crippen molar-refractivity contribution in [2.75, 3.05) is 0 Å². The molecule has 1 aliphatic rings. The number of carboxylic acids is 1. The Morgan fingerprint density at radius 2 is 2.06 bits per heavy atom. The van der Waals surface area contributed by atoms with E-state index in [4.69, 9.17) is 20.1 Å². The topological polar surface area (TPSA) is 104 Å². The molecule has 0 aromatic heterocycles. The van der Waals surface area contributed by atoms with Gasteiger partial charge in [0.2, 0.25) is 0 Å². The van der Waals surface area contributed by atoms with Crippen LogP contribution in [0.25, 0.3) is 0 Å². The molecule has 0 radical (unpaired) electrons. The van der Waals surface area contributed by atoms with Crippen molar-refractivity contribution in [2.45, 2.75) is 12.4 Å². The van der Waals surface area contributed by atoms with Crippen LogP contribution in [0.15, 0.2) is 18.2 Å².